The Morgan fingerprint density at radius 2 is 1.94 bits per heavy atom. The fraction of sp³-hybridized carbons (Fsp3) is 0. The minimum atomic E-state index is -0.217. The Bertz CT molecular complexity index is 603. The van der Waals surface area contributed by atoms with Crippen molar-refractivity contribution in [3.63, 3.8) is 0 Å². The van der Waals surface area contributed by atoms with E-state index in [4.69, 9.17) is 11.6 Å². The van der Waals surface area contributed by atoms with Gasteiger partial charge < -0.3 is 5.32 Å². The van der Waals surface area contributed by atoms with Gasteiger partial charge in [-0.05, 0) is 52.9 Å². The first-order chi connectivity index (χ1) is 8.58. The van der Waals surface area contributed by atoms with Gasteiger partial charge in [-0.1, -0.05) is 39.7 Å². The lowest BCUT2D eigenvalue weighted by molar-refractivity contribution is 0.102. The van der Waals surface area contributed by atoms with Crippen molar-refractivity contribution in [1.29, 1.82) is 0 Å². The van der Waals surface area contributed by atoms with Crippen molar-refractivity contribution < 1.29 is 4.79 Å². The lowest BCUT2D eigenvalue weighted by Crippen LogP contribution is -2.13. The van der Waals surface area contributed by atoms with Crippen LogP contribution >= 0.6 is 50.1 Å². The lowest BCUT2D eigenvalue weighted by Gasteiger charge is -2.08. The predicted octanol–water partition coefficient (Wildman–Crippen LogP) is 4.96. The molecule has 0 saturated carbocycles. The second-order valence-corrected chi connectivity index (χ2v) is 6.04. The summed E-state index contributed by atoms with van der Waals surface area (Å²) in [4.78, 5) is 12.1. The molecule has 0 radical (unpaired) electrons. The predicted molar refractivity (Wildman–Crippen MR) is 86.3 cm³/mol. The highest BCUT2D eigenvalue weighted by Gasteiger charge is 2.12. The van der Waals surface area contributed by atoms with Gasteiger partial charge in [0.25, 0.3) is 5.91 Å². The number of carbonyl (C=O) groups is 1. The minimum Gasteiger partial charge on any atom is -0.321 e. The summed E-state index contributed by atoms with van der Waals surface area (Å²) in [7, 11) is 0. The van der Waals surface area contributed by atoms with Crippen LogP contribution in [-0.2, 0) is 0 Å². The first-order valence-corrected chi connectivity index (χ1v) is 7.34. The summed E-state index contributed by atoms with van der Waals surface area (Å²) >= 11 is 11.5. The molecule has 0 spiro atoms. The van der Waals surface area contributed by atoms with Crippen LogP contribution in [0.5, 0.6) is 0 Å². The molecule has 0 heterocycles. The Morgan fingerprint density at radius 1 is 1.22 bits per heavy atom. The van der Waals surface area contributed by atoms with Gasteiger partial charge in [-0.25, -0.2) is 0 Å². The van der Waals surface area contributed by atoms with Crippen LogP contribution in [-0.4, -0.2) is 5.91 Å². The number of halogens is 3. The monoisotopic (exact) mass is 435 g/mol. The van der Waals surface area contributed by atoms with Crippen LogP contribution < -0.4 is 5.32 Å². The summed E-state index contributed by atoms with van der Waals surface area (Å²) in [6.45, 7) is 0. The van der Waals surface area contributed by atoms with Crippen LogP contribution in [0.25, 0.3) is 0 Å². The summed E-state index contributed by atoms with van der Waals surface area (Å²) in [6.07, 6.45) is 0. The third kappa shape index (κ3) is 3.24. The second kappa shape index (κ2) is 6.04. The average molecular weight is 436 g/mol. The summed E-state index contributed by atoms with van der Waals surface area (Å²) in [6, 6.07) is 12.8. The van der Waals surface area contributed by atoms with Crippen molar-refractivity contribution in [3.8, 4) is 0 Å². The Hall–Kier alpha value is -0.590. The van der Waals surface area contributed by atoms with Gasteiger partial charge in [-0.3, -0.25) is 4.79 Å². The molecule has 0 saturated heterocycles. The number of para-hydroxylation sites is 1. The number of hydrogen-bond donors (Lipinski definition) is 1. The molecule has 2 nitrogen and oxygen atoms in total. The number of benzene rings is 2. The van der Waals surface area contributed by atoms with Crippen LogP contribution in [0.4, 0.5) is 5.69 Å². The minimum absolute atomic E-state index is 0.217. The molecule has 2 aromatic carbocycles. The van der Waals surface area contributed by atoms with Crippen molar-refractivity contribution in [2.24, 2.45) is 0 Å². The number of carbonyl (C=O) groups excluding carboxylic acids is 1. The molecule has 5 heteroatoms. The van der Waals surface area contributed by atoms with Gasteiger partial charge in [-0.15, -0.1) is 0 Å². The summed E-state index contributed by atoms with van der Waals surface area (Å²) < 4.78 is 1.80. The second-order valence-electron chi connectivity index (χ2n) is 3.56. The smallest absolute Gasteiger partial charge is 0.257 e. The molecule has 0 aliphatic heterocycles. The van der Waals surface area contributed by atoms with Crippen LogP contribution in [0.1, 0.15) is 10.4 Å². The zero-order chi connectivity index (χ0) is 13.1. The number of amides is 1. The maximum atomic E-state index is 12.1. The van der Waals surface area contributed by atoms with Crippen molar-refractivity contribution in [1.82, 2.24) is 0 Å². The summed E-state index contributed by atoms with van der Waals surface area (Å²) in [5.74, 6) is -0.217. The molecule has 0 unspecified atom stereocenters. The van der Waals surface area contributed by atoms with Gasteiger partial charge in [0.1, 0.15) is 0 Å². The first kappa shape index (κ1) is 13.8. The quantitative estimate of drug-likeness (QED) is 0.663. The maximum Gasteiger partial charge on any atom is 0.257 e. The molecule has 0 aliphatic carbocycles. The van der Waals surface area contributed by atoms with Crippen molar-refractivity contribution in [2.75, 3.05) is 5.32 Å². The molecule has 0 bridgehead atoms. The molecular formula is C13H8BrClINO. The number of anilines is 1. The van der Waals surface area contributed by atoms with E-state index in [9.17, 15) is 4.79 Å². The van der Waals surface area contributed by atoms with E-state index in [0.717, 1.165) is 13.7 Å². The molecule has 0 atom stereocenters. The summed E-state index contributed by atoms with van der Waals surface area (Å²) in [5, 5.41) is 3.27. The van der Waals surface area contributed by atoms with E-state index in [0.29, 0.717) is 10.6 Å². The Labute approximate surface area is 132 Å². The zero-order valence-electron chi connectivity index (χ0n) is 9.08. The number of hydrogen-bond acceptors (Lipinski definition) is 1. The highest BCUT2D eigenvalue weighted by Crippen LogP contribution is 2.23. The Morgan fingerprint density at radius 3 is 2.67 bits per heavy atom. The van der Waals surface area contributed by atoms with Gasteiger partial charge in [0.2, 0.25) is 0 Å². The van der Waals surface area contributed by atoms with E-state index in [1.807, 2.05) is 24.3 Å². The van der Waals surface area contributed by atoms with Crippen molar-refractivity contribution in [3.05, 3.63) is 61.1 Å². The molecule has 92 valence electrons. The largest absolute Gasteiger partial charge is 0.321 e. The zero-order valence-corrected chi connectivity index (χ0v) is 13.6. The lowest BCUT2D eigenvalue weighted by atomic mass is 10.2. The highest BCUT2D eigenvalue weighted by atomic mass is 127. The van der Waals surface area contributed by atoms with Gasteiger partial charge in [0.15, 0.2) is 0 Å². The van der Waals surface area contributed by atoms with Gasteiger partial charge in [0.05, 0.1) is 16.3 Å². The van der Waals surface area contributed by atoms with Crippen LogP contribution in [0.15, 0.2) is 46.9 Å². The molecule has 18 heavy (non-hydrogen) atoms. The molecule has 2 rings (SSSR count). The van der Waals surface area contributed by atoms with E-state index in [-0.39, 0.29) is 5.91 Å². The normalized spacial score (nSPS) is 10.2. The maximum absolute atomic E-state index is 12.1. The topological polar surface area (TPSA) is 29.1 Å². The molecule has 1 N–H and O–H groups in total. The molecule has 0 fully saturated rings. The van der Waals surface area contributed by atoms with Gasteiger partial charge in [-0.2, -0.15) is 0 Å². The van der Waals surface area contributed by atoms with Crippen molar-refractivity contribution >= 4 is 61.7 Å². The SMILES string of the molecule is O=C(Nc1ccccc1I)c1cc(Br)ccc1Cl. The molecule has 0 aliphatic rings. The van der Waals surface area contributed by atoms with E-state index < -0.39 is 0 Å². The van der Waals surface area contributed by atoms with Crippen LogP contribution in [0.2, 0.25) is 5.02 Å². The molecule has 1 amide bonds. The van der Waals surface area contributed by atoms with Gasteiger partial charge in [0, 0.05) is 8.04 Å². The van der Waals surface area contributed by atoms with Gasteiger partial charge >= 0.3 is 0 Å². The molecular weight excluding hydrogens is 428 g/mol. The fourth-order valence-electron chi connectivity index (χ4n) is 1.42. The van der Waals surface area contributed by atoms with Crippen LogP contribution in [0, 0.1) is 3.57 Å². The van der Waals surface area contributed by atoms with E-state index in [1.165, 1.54) is 0 Å². The standard InChI is InChI=1S/C13H8BrClINO/c14-8-5-6-10(15)9(7-8)13(18)17-12-4-2-1-3-11(12)16/h1-7H,(H,17,18). The van der Waals surface area contributed by atoms with E-state index in [1.54, 1.807) is 18.2 Å². The first-order valence-electron chi connectivity index (χ1n) is 5.09. The third-order valence-corrected chi connectivity index (χ3v) is 4.06. The molecule has 2 aromatic rings. The number of nitrogens with one attached hydrogen (secondary N) is 1. The van der Waals surface area contributed by atoms with Crippen molar-refractivity contribution in [2.45, 2.75) is 0 Å². The fourth-order valence-corrected chi connectivity index (χ4v) is 2.51. The third-order valence-electron chi connectivity index (χ3n) is 2.30. The average Bonchev–Trinajstić information content (AvgIpc) is 2.35. The summed E-state index contributed by atoms with van der Waals surface area (Å²) in [5.41, 5.74) is 1.23. The van der Waals surface area contributed by atoms with E-state index in [2.05, 4.69) is 43.8 Å². The Kier molecular flexibility index (Phi) is 4.64. The highest BCUT2D eigenvalue weighted by molar-refractivity contribution is 14.1. The van der Waals surface area contributed by atoms with E-state index >= 15 is 0 Å². The molecule has 0 aromatic heterocycles. The number of rotatable bonds is 2. The van der Waals surface area contributed by atoms with Crippen LogP contribution in [0.3, 0.4) is 0 Å². The Balaban J connectivity index is 2.28.